The van der Waals surface area contributed by atoms with Crippen molar-refractivity contribution in [1.29, 1.82) is 0 Å². The lowest BCUT2D eigenvalue weighted by Gasteiger charge is -2.37. The van der Waals surface area contributed by atoms with Crippen LogP contribution in [0.1, 0.15) is 73.6 Å². The van der Waals surface area contributed by atoms with E-state index >= 15 is 0 Å². The van der Waals surface area contributed by atoms with E-state index in [4.69, 9.17) is 4.74 Å². The molecular formula is C17H35NO. The summed E-state index contributed by atoms with van der Waals surface area (Å²) < 4.78 is 6.29. The molecule has 0 amide bonds. The number of unbranched alkanes of at least 4 members (excludes halogenated alkanes) is 1. The molecule has 0 saturated carbocycles. The van der Waals surface area contributed by atoms with Gasteiger partial charge >= 0.3 is 0 Å². The van der Waals surface area contributed by atoms with Crippen molar-refractivity contribution in [2.24, 2.45) is 11.8 Å². The number of hydrogen-bond acceptors (Lipinski definition) is 2. The van der Waals surface area contributed by atoms with Crippen molar-refractivity contribution in [2.75, 3.05) is 7.05 Å². The lowest BCUT2D eigenvalue weighted by atomic mass is 9.74. The van der Waals surface area contributed by atoms with Gasteiger partial charge in [0.1, 0.15) is 0 Å². The highest BCUT2D eigenvalue weighted by molar-refractivity contribution is 5.00. The minimum absolute atomic E-state index is 0.0171. The summed E-state index contributed by atoms with van der Waals surface area (Å²) in [5.41, 5.74) is 0.00310. The highest BCUT2D eigenvalue weighted by atomic mass is 16.5. The van der Waals surface area contributed by atoms with Gasteiger partial charge in [-0.3, -0.25) is 0 Å². The number of hydrogen-bond donors (Lipinski definition) is 1. The molecule has 0 aliphatic carbocycles. The van der Waals surface area contributed by atoms with Crippen molar-refractivity contribution in [1.82, 2.24) is 5.32 Å². The highest BCUT2D eigenvalue weighted by Gasteiger charge is 2.49. The molecule has 1 fully saturated rings. The number of nitrogens with one attached hydrogen (secondary N) is 1. The van der Waals surface area contributed by atoms with Gasteiger partial charge < -0.3 is 10.1 Å². The molecule has 3 atom stereocenters. The van der Waals surface area contributed by atoms with E-state index in [9.17, 15) is 0 Å². The molecule has 1 aliphatic heterocycles. The van der Waals surface area contributed by atoms with Gasteiger partial charge in [-0.1, -0.05) is 33.1 Å². The lowest BCUT2D eigenvalue weighted by molar-refractivity contribution is -0.0796. The Morgan fingerprint density at radius 1 is 1.21 bits per heavy atom. The third-order valence-corrected chi connectivity index (χ3v) is 4.87. The van der Waals surface area contributed by atoms with Crippen LogP contribution in [0.25, 0.3) is 0 Å². The normalized spacial score (nSPS) is 28.3. The molecule has 0 aromatic rings. The van der Waals surface area contributed by atoms with Gasteiger partial charge in [0.2, 0.25) is 0 Å². The van der Waals surface area contributed by atoms with E-state index in [1.807, 2.05) is 0 Å². The average Bonchev–Trinajstić information content (AvgIpc) is 2.52. The van der Waals surface area contributed by atoms with Crippen LogP contribution in [0.4, 0.5) is 0 Å². The third-order valence-electron chi connectivity index (χ3n) is 4.87. The Morgan fingerprint density at radius 3 is 2.21 bits per heavy atom. The van der Waals surface area contributed by atoms with Gasteiger partial charge in [0, 0.05) is 12.0 Å². The fourth-order valence-electron chi connectivity index (χ4n) is 4.03. The van der Waals surface area contributed by atoms with E-state index in [2.05, 4.69) is 53.9 Å². The van der Waals surface area contributed by atoms with Gasteiger partial charge in [-0.25, -0.2) is 0 Å². The van der Waals surface area contributed by atoms with E-state index < -0.39 is 0 Å². The van der Waals surface area contributed by atoms with Crippen molar-refractivity contribution >= 4 is 0 Å². The summed E-state index contributed by atoms with van der Waals surface area (Å²) in [5, 5.41) is 3.62. The van der Waals surface area contributed by atoms with Crippen LogP contribution in [0, 0.1) is 11.8 Å². The topological polar surface area (TPSA) is 21.3 Å². The first-order valence-electron chi connectivity index (χ1n) is 8.14. The summed E-state index contributed by atoms with van der Waals surface area (Å²) in [6.45, 7) is 13.6. The zero-order valence-electron chi connectivity index (χ0n) is 14.2. The maximum Gasteiger partial charge on any atom is 0.0677 e. The molecule has 0 aromatic heterocycles. The van der Waals surface area contributed by atoms with E-state index in [0.29, 0.717) is 12.0 Å². The standard InChI is InChI=1S/C17H35NO/c1-8-10-11-13(9-2)15(18-7)14-12-16(3,4)19-17(14,5)6/h13-15,18H,8-12H2,1-7H3. The summed E-state index contributed by atoms with van der Waals surface area (Å²) in [5.74, 6) is 1.38. The molecule has 0 radical (unpaired) electrons. The summed E-state index contributed by atoms with van der Waals surface area (Å²) in [6, 6.07) is 0.577. The van der Waals surface area contributed by atoms with Crippen molar-refractivity contribution in [3.8, 4) is 0 Å². The summed E-state index contributed by atoms with van der Waals surface area (Å²) in [4.78, 5) is 0. The molecule has 1 N–H and O–H groups in total. The molecule has 2 heteroatoms. The lowest BCUT2D eigenvalue weighted by Crippen LogP contribution is -2.47. The SMILES string of the molecule is CCCCC(CC)C(NC)C1CC(C)(C)OC1(C)C. The predicted molar refractivity (Wildman–Crippen MR) is 83.5 cm³/mol. The van der Waals surface area contributed by atoms with Gasteiger partial charge in [-0.05, 0) is 53.5 Å². The monoisotopic (exact) mass is 269 g/mol. The van der Waals surface area contributed by atoms with Crippen molar-refractivity contribution in [2.45, 2.75) is 90.9 Å². The van der Waals surface area contributed by atoms with Crippen LogP contribution in [0.5, 0.6) is 0 Å². The molecule has 0 spiro atoms. The van der Waals surface area contributed by atoms with E-state index in [1.54, 1.807) is 0 Å². The first-order valence-corrected chi connectivity index (χ1v) is 8.14. The molecule has 1 saturated heterocycles. The molecule has 1 heterocycles. The Kier molecular flexibility index (Phi) is 5.88. The van der Waals surface area contributed by atoms with Crippen molar-refractivity contribution < 1.29 is 4.74 Å². The molecule has 3 unspecified atom stereocenters. The quantitative estimate of drug-likeness (QED) is 0.740. The molecule has 0 aromatic carbocycles. The first kappa shape index (κ1) is 17.0. The fraction of sp³-hybridized carbons (Fsp3) is 1.00. The maximum absolute atomic E-state index is 6.29. The molecule has 1 aliphatic rings. The van der Waals surface area contributed by atoms with Crippen molar-refractivity contribution in [3.63, 3.8) is 0 Å². The average molecular weight is 269 g/mol. The summed E-state index contributed by atoms with van der Waals surface area (Å²) in [7, 11) is 2.13. The fourth-order valence-corrected chi connectivity index (χ4v) is 4.03. The van der Waals surface area contributed by atoms with Gasteiger partial charge in [0.05, 0.1) is 11.2 Å². The van der Waals surface area contributed by atoms with Gasteiger partial charge in [0.25, 0.3) is 0 Å². The zero-order chi connectivity index (χ0) is 14.7. The Balaban J connectivity index is 2.83. The molecule has 0 bridgehead atoms. The van der Waals surface area contributed by atoms with Gasteiger partial charge in [-0.2, -0.15) is 0 Å². The van der Waals surface area contributed by atoms with E-state index in [-0.39, 0.29) is 11.2 Å². The second kappa shape index (κ2) is 6.58. The van der Waals surface area contributed by atoms with Crippen LogP contribution in [0.3, 0.4) is 0 Å². The Bertz CT molecular complexity index is 272. The molecule has 1 rings (SSSR count). The second-order valence-electron chi connectivity index (χ2n) is 7.40. The Labute approximate surface area is 120 Å². The molecule has 2 nitrogen and oxygen atoms in total. The van der Waals surface area contributed by atoms with Crippen LogP contribution in [0.2, 0.25) is 0 Å². The largest absolute Gasteiger partial charge is 0.369 e. The van der Waals surface area contributed by atoms with Crippen LogP contribution in [-0.2, 0) is 4.74 Å². The van der Waals surface area contributed by atoms with E-state index in [1.165, 1.54) is 25.7 Å². The van der Waals surface area contributed by atoms with Crippen LogP contribution >= 0.6 is 0 Å². The maximum atomic E-state index is 6.29. The van der Waals surface area contributed by atoms with E-state index in [0.717, 1.165) is 12.3 Å². The van der Waals surface area contributed by atoms with Crippen LogP contribution in [0.15, 0.2) is 0 Å². The minimum Gasteiger partial charge on any atom is -0.369 e. The smallest absolute Gasteiger partial charge is 0.0677 e. The molecule has 114 valence electrons. The predicted octanol–water partition coefficient (Wildman–Crippen LogP) is 4.38. The van der Waals surface area contributed by atoms with Crippen LogP contribution in [-0.4, -0.2) is 24.3 Å². The minimum atomic E-state index is -0.0171. The summed E-state index contributed by atoms with van der Waals surface area (Å²) >= 11 is 0. The zero-order valence-corrected chi connectivity index (χ0v) is 14.2. The van der Waals surface area contributed by atoms with Crippen molar-refractivity contribution in [3.05, 3.63) is 0 Å². The second-order valence-corrected chi connectivity index (χ2v) is 7.40. The van der Waals surface area contributed by atoms with Gasteiger partial charge in [-0.15, -0.1) is 0 Å². The number of rotatable bonds is 7. The van der Waals surface area contributed by atoms with Gasteiger partial charge in [0.15, 0.2) is 0 Å². The first-order chi connectivity index (χ1) is 8.77. The number of ether oxygens (including phenoxy) is 1. The summed E-state index contributed by atoms with van der Waals surface area (Å²) in [6.07, 6.45) is 6.40. The highest BCUT2D eigenvalue weighted by Crippen LogP contribution is 2.45. The Hall–Kier alpha value is -0.0800. The molecule has 19 heavy (non-hydrogen) atoms. The Morgan fingerprint density at radius 2 is 1.84 bits per heavy atom. The molecular weight excluding hydrogens is 234 g/mol. The third kappa shape index (κ3) is 4.19. The van der Waals surface area contributed by atoms with Crippen LogP contribution < -0.4 is 5.32 Å².